The van der Waals surface area contributed by atoms with Gasteiger partial charge in [-0.1, -0.05) is 30.3 Å². The van der Waals surface area contributed by atoms with Crippen molar-refractivity contribution in [3.63, 3.8) is 0 Å². The molecule has 0 aliphatic rings. The van der Waals surface area contributed by atoms with Gasteiger partial charge in [0.1, 0.15) is 10.6 Å². The Morgan fingerprint density at radius 3 is 2.74 bits per heavy atom. The summed E-state index contributed by atoms with van der Waals surface area (Å²) in [6, 6.07) is 11.7. The molecule has 1 aromatic carbocycles. The first kappa shape index (κ1) is 19.1. The van der Waals surface area contributed by atoms with Crippen LogP contribution >= 0.6 is 23.6 Å². The molecule has 0 bridgehead atoms. The van der Waals surface area contributed by atoms with Crippen LogP contribution in [-0.2, 0) is 11.3 Å². The topological polar surface area (TPSA) is 79.0 Å². The molecule has 3 aromatic rings. The third-order valence-electron chi connectivity index (χ3n) is 3.85. The quantitative estimate of drug-likeness (QED) is 0.427. The summed E-state index contributed by atoms with van der Waals surface area (Å²) < 4.78 is 5.30. The summed E-state index contributed by atoms with van der Waals surface area (Å²) in [5, 5.41) is 14.1. The molecule has 3 N–H and O–H groups in total. The van der Waals surface area contributed by atoms with Crippen molar-refractivity contribution in [1.82, 2.24) is 15.5 Å². The Hall–Kier alpha value is -2.71. The number of rotatable bonds is 6. The van der Waals surface area contributed by atoms with Gasteiger partial charge in [-0.05, 0) is 37.7 Å². The average Bonchev–Trinajstić information content (AvgIpc) is 3.28. The van der Waals surface area contributed by atoms with E-state index in [1.807, 2.05) is 43.3 Å². The third-order valence-corrected chi connectivity index (χ3v) is 5.12. The van der Waals surface area contributed by atoms with E-state index in [2.05, 4.69) is 20.8 Å². The molecule has 0 aliphatic heterocycles. The van der Waals surface area contributed by atoms with E-state index in [9.17, 15) is 4.79 Å². The van der Waals surface area contributed by atoms with Gasteiger partial charge >= 0.3 is 5.97 Å². The Morgan fingerprint density at radius 1 is 1.30 bits per heavy atom. The van der Waals surface area contributed by atoms with E-state index in [4.69, 9.17) is 17.0 Å². The predicted octanol–water partition coefficient (Wildman–Crippen LogP) is 4.11. The second-order valence-electron chi connectivity index (χ2n) is 5.71. The van der Waals surface area contributed by atoms with E-state index in [0.717, 1.165) is 21.7 Å². The molecule has 6 nitrogen and oxygen atoms in total. The Balaban J connectivity index is 1.87. The number of nitrogens with one attached hydrogen (secondary N) is 3. The van der Waals surface area contributed by atoms with E-state index in [1.165, 1.54) is 11.3 Å². The minimum atomic E-state index is -0.362. The number of hydrogen-bond acceptors (Lipinski definition) is 5. The minimum Gasteiger partial charge on any atom is -0.462 e. The highest BCUT2D eigenvalue weighted by molar-refractivity contribution is 7.80. The van der Waals surface area contributed by atoms with Crippen molar-refractivity contribution in [3.8, 4) is 11.1 Å². The SMILES string of the molecule is CCOC(=O)c1c(NC(=S)NCc2ccn[nH]2)sc(C)c1-c1ccccc1. The number of thiophene rings is 1. The van der Waals surface area contributed by atoms with Gasteiger partial charge in [0.25, 0.3) is 0 Å². The summed E-state index contributed by atoms with van der Waals surface area (Å²) in [6.07, 6.45) is 1.68. The van der Waals surface area contributed by atoms with Crippen molar-refractivity contribution in [1.29, 1.82) is 0 Å². The Kier molecular flexibility index (Phi) is 6.20. The van der Waals surface area contributed by atoms with E-state index >= 15 is 0 Å². The molecule has 0 aliphatic carbocycles. The number of benzene rings is 1. The van der Waals surface area contributed by atoms with Crippen LogP contribution in [0.3, 0.4) is 0 Å². The van der Waals surface area contributed by atoms with Crippen LogP contribution in [-0.4, -0.2) is 27.9 Å². The number of H-pyrrole nitrogens is 1. The smallest absolute Gasteiger partial charge is 0.341 e. The van der Waals surface area contributed by atoms with E-state index in [1.54, 1.807) is 13.1 Å². The Labute approximate surface area is 167 Å². The lowest BCUT2D eigenvalue weighted by molar-refractivity contribution is 0.0529. The zero-order chi connectivity index (χ0) is 19.2. The van der Waals surface area contributed by atoms with Gasteiger partial charge in [0.2, 0.25) is 0 Å². The molecule has 140 valence electrons. The fourth-order valence-corrected chi connectivity index (χ4v) is 4.00. The van der Waals surface area contributed by atoms with E-state index in [0.29, 0.717) is 28.8 Å². The lowest BCUT2D eigenvalue weighted by atomic mass is 10.0. The molecular formula is C19H20N4O2S2. The van der Waals surface area contributed by atoms with Crippen molar-refractivity contribution >= 4 is 39.6 Å². The number of esters is 1. The third kappa shape index (κ3) is 4.53. The van der Waals surface area contributed by atoms with Crippen molar-refractivity contribution in [2.45, 2.75) is 20.4 Å². The first-order chi connectivity index (χ1) is 13.1. The second kappa shape index (κ2) is 8.79. The van der Waals surface area contributed by atoms with Crippen LogP contribution in [0.5, 0.6) is 0 Å². The van der Waals surface area contributed by atoms with Crippen molar-refractivity contribution < 1.29 is 9.53 Å². The maximum absolute atomic E-state index is 12.7. The van der Waals surface area contributed by atoms with Gasteiger partial charge in [0, 0.05) is 16.6 Å². The maximum Gasteiger partial charge on any atom is 0.341 e. The molecule has 0 unspecified atom stereocenters. The van der Waals surface area contributed by atoms with Crippen LogP contribution in [0.1, 0.15) is 27.9 Å². The number of carbonyl (C=O) groups is 1. The van der Waals surface area contributed by atoms with Crippen LogP contribution in [0.25, 0.3) is 11.1 Å². The van der Waals surface area contributed by atoms with Gasteiger partial charge in [-0.3, -0.25) is 5.10 Å². The van der Waals surface area contributed by atoms with Crippen molar-refractivity contribution in [2.24, 2.45) is 0 Å². The Bertz CT molecular complexity index is 921. The van der Waals surface area contributed by atoms with Gasteiger partial charge < -0.3 is 15.4 Å². The van der Waals surface area contributed by atoms with Gasteiger partial charge in [0.15, 0.2) is 5.11 Å². The molecule has 0 saturated heterocycles. The summed E-state index contributed by atoms with van der Waals surface area (Å²) in [5.74, 6) is -0.362. The number of carbonyl (C=O) groups excluding carboxylic acids is 1. The molecule has 0 fully saturated rings. The highest BCUT2D eigenvalue weighted by Gasteiger charge is 2.24. The second-order valence-corrected chi connectivity index (χ2v) is 7.35. The molecule has 0 radical (unpaired) electrons. The number of ether oxygens (including phenoxy) is 1. The lowest BCUT2D eigenvalue weighted by Crippen LogP contribution is -2.28. The average molecular weight is 401 g/mol. The monoisotopic (exact) mass is 400 g/mol. The predicted molar refractivity (Wildman–Crippen MR) is 112 cm³/mol. The summed E-state index contributed by atoms with van der Waals surface area (Å²) in [7, 11) is 0. The highest BCUT2D eigenvalue weighted by atomic mass is 32.1. The number of thiocarbonyl (C=S) groups is 1. The van der Waals surface area contributed by atoms with Gasteiger partial charge in [-0.15, -0.1) is 11.3 Å². The zero-order valence-corrected chi connectivity index (χ0v) is 16.7. The first-order valence-electron chi connectivity index (χ1n) is 8.49. The standard InChI is InChI=1S/C19H20N4O2S2/c1-3-25-18(24)16-15(13-7-5-4-6-8-13)12(2)27-17(16)22-19(26)20-11-14-9-10-21-23-14/h4-10H,3,11H2,1-2H3,(H,21,23)(H2,20,22,26). The first-order valence-corrected chi connectivity index (χ1v) is 9.71. The molecule has 2 heterocycles. The number of nitrogens with zero attached hydrogens (tertiary/aromatic N) is 1. The van der Waals surface area contributed by atoms with Gasteiger partial charge in [-0.2, -0.15) is 5.10 Å². The van der Waals surface area contributed by atoms with Crippen molar-refractivity contribution in [3.05, 3.63) is 58.7 Å². The molecule has 0 spiro atoms. The van der Waals surface area contributed by atoms with Crippen LogP contribution in [0.2, 0.25) is 0 Å². The lowest BCUT2D eigenvalue weighted by Gasteiger charge is -2.11. The van der Waals surface area contributed by atoms with Crippen LogP contribution in [0.4, 0.5) is 5.00 Å². The number of aromatic nitrogens is 2. The van der Waals surface area contributed by atoms with E-state index in [-0.39, 0.29) is 5.97 Å². The molecule has 2 aromatic heterocycles. The number of anilines is 1. The fraction of sp³-hybridized carbons (Fsp3) is 0.211. The summed E-state index contributed by atoms with van der Waals surface area (Å²) in [5.41, 5.74) is 3.27. The summed E-state index contributed by atoms with van der Waals surface area (Å²) in [6.45, 7) is 4.60. The molecule has 27 heavy (non-hydrogen) atoms. The highest BCUT2D eigenvalue weighted by Crippen LogP contribution is 2.40. The zero-order valence-electron chi connectivity index (χ0n) is 15.0. The number of hydrogen-bond donors (Lipinski definition) is 3. The van der Waals surface area contributed by atoms with Crippen LogP contribution in [0, 0.1) is 6.92 Å². The van der Waals surface area contributed by atoms with E-state index < -0.39 is 0 Å². The molecule has 0 atom stereocenters. The number of aryl methyl sites for hydroxylation is 1. The van der Waals surface area contributed by atoms with Crippen molar-refractivity contribution in [2.75, 3.05) is 11.9 Å². The summed E-state index contributed by atoms with van der Waals surface area (Å²) in [4.78, 5) is 13.7. The van der Waals surface area contributed by atoms with Gasteiger partial charge in [0.05, 0.1) is 18.8 Å². The van der Waals surface area contributed by atoms with Gasteiger partial charge in [-0.25, -0.2) is 4.79 Å². The molecule has 0 saturated carbocycles. The minimum absolute atomic E-state index is 0.309. The van der Waals surface area contributed by atoms with Crippen LogP contribution < -0.4 is 10.6 Å². The van der Waals surface area contributed by atoms with Crippen LogP contribution in [0.15, 0.2) is 42.6 Å². The molecule has 0 amide bonds. The molecule has 3 rings (SSSR count). The molecule has 8 heteroatoms. The Morgan fingerprint density at radius 2 is 2.07 bits per heavy atom. The fourth-order valence-electron chi connectivity index (χ4n) is 2.69. The normalized spacial score (nSPS) is 10.4. The molecular weight excluding hydrogens is 380 g/mol. The summed E-state index contributed by atoms with van der Waals surface area (Å²) >= 11 is 6.87. The largest absolute Gasteiger partial charge is 0.462 e. The maximum atomic E-state index is 12.7. The number of aromatic amines is 1.